The summed E-state index contributed by atoms with van der Waals surface area (Å²) in [6.45, 7) is 1.54. The Labute approximate surface area is 114 Å². The Morgan fingerprint density at radius 2 is 2.00 bits per heavy atom. The molecule has 0 bridgehead atoms. The minimum atomic E-state index is -3.80. The van der Waals surface area contributed by atoms with Gasteiger partial charge in [-0.3, -0.25) is 0 Å². The third-order valence-electron chi connectivity index (χ3n) is 2.84. The molecule has 0 spiro atoms. The molecule has 0 radical (unpaired) electrons. The maximum absolute atomic E-state index is 13.6. The van der Waals surface area contributed by atoms with Gasteiger partial charge in [0.15, 0.2) is 0 Å². The maximum Gasteiger partial charge on any atom is 0.243 e. The molecule has 7 heteroatoms. The van der Waals surface area contributed by atoms with Gasteiger partial charge in [0.2, 0.25) is 10.0 Å². The van der Waals surface area contributed by atoms with Crippen LogP contribution in [0.5, 0.6) is 0 Å². The summed E-state index contributed by atoms with van der Waals surface area (Å²) >= 11 is 3.15. The SMILES string of the molecule is O=S(=O)(NC1CCNCC1)c1cc(Br)ccc1F. The van der Waals surface area contributed by atoms with E-state index in [-0.39, 0.29) is 10.9 Å². The molecule has 100 valence electrons. The van der Waals surface area contributed by atoms with Gasteiger partial charge in [0, 0.05) is 10.5 Å². The molecular weight excluding hydrogens is 323 g/mol. The van der Waals surface area contributed by atoms with Crippen LogP contribution in [0.25, 0.3) is 0 Å². The highest BCUT2D eigenvalue weighted by atomic mass is 79.9. The summed E-state index contributed by atoms with van der Waals surface area (Å²) < 4.78 is 40.8. The van der Waals surface area contributed by atoms with E-state index in [9.17, 15) is 12.8 Å². The van der Waals surface area contributed by atoms with Crippen molar-refractivity contribution in [2.75, 3.05) is 13.1 Å². The first-order valence-corrected chi connectivity index (χ1v) is 7.95. The number of hydrogen-bond donors (Lipinski definition) is 2. The van der Waals surface area contributed by atoms with Gasteiger partial charge >= 0.3 is 0 Å². The molecule has 0 unspecified atom stereocenters. The molecule has 0 amide bonds. The van der Waals surface area contributed by atoms with Crippen LogP contribution < -0.4 is 10.0 Å². The molecule has 2 rings (SSSR count). The number of benzene rings is 1. The first-order chi connectivity index (χ1) is 8.49. The van der Waals surface area contributed by atoms with Crippen LogP contribution in [0.2, 0.25) is 0 Å². The number of sulfonamides is 1. The molecule has 2 N–H and O–H groups in total. The van der Waals surface area contributed by atoms with Crippen molar-refractivity contribution in [1.29, 1.82) is 0 Å². The Kier molecular flexibility index (Phi) is 4.37. The number of rotatable bonds is 3. The van der Waals surface area contributed by atoms with Gasteiger partial charge in [-0.15, -0.1) is 0 Å². The van der Waals surface area contributed by atoms with Gasteiger partial charge in [0.25, 0.3) is 0 Å². The predicted molar refractivity (Wildman–Crippen MR) is 70.3 cm³/mol. The first kappa shape index (κ1) is 13.9. The van der Waals surface area contributed by atoms with E-state index in [0.29, 0.717) is 4.47 Å². The average Bonchev–Trinajstić information content (AvgIpc) is 2.33. The Balaban J connectivity index is 2.21. The van der Waals surface area contributed by atoms with Gasteiger partial charge in [-0.1, -0.05) is 15.9 Å². The Morgan fingerprint density at radius 3 is 2.67 bits per heavy atom. The van der Waals surface area contributed by atoms with Crippen molar-refractivity contribution in [2.45, 2.75) is 23.8 Å². The lowest BCUT2D eigenvalue weighted by Crippen LogP contribution is -2.42. The molecule has 1 heterocycles. The van der Waals surface area contributed by atoms with Crippen LogP contribution in [0.1, 0.15) is 12.8 Å². The maximum atomic E-state index is 13.6. The lowest BCUT2D eigenvalue weighted by molar-refractivity contribution is 0.426. The predicted octanol–water partition coefficient (Wildman–Crippen LogP) is 1.62. The number of halogens is 2. The molecule has 1 aliphatic heterocycles. The van der Waals surface area contributed by atoms with Crippen LogP contribution in [0, 0.1) is 5.82 Å². The van der Waals surface area contributed by atoms with Crippen molar-refractivity contribution in [2.24, 2.45) is 0 Å². The Morgan fingerprint density at radius 1 is 1.33 bits per heavy atom. The van der Waals surface area contributed by atoms with Crippen LogP contribution >= 0.6 is 15.9 Å². The zero-order valence-corrected chi connectivity index (χ0v) is 12.0. The van der Waals surface area contributed by atoms with E-state index >= 15 is 0 Å². The van der Waals surface area contributed by atoms with Gasteiger partial charge in [-0.2, -0.15) is 0 Å². The number of nitrogens with one attached hydrogen (secondary N) is 2. The van der Waals surface area contributed by atoms with Crippen LogP contribution in [0.15, 0.2) is 27.6 Å². The summed E-state index contributed by atoms with van der Waals surface area (Å²) in [5.41, 5.74) is 0. The molecule has 1 saturated heterocycles. The van der Waals surface area contributed by atoms with Crippen molar-refractivity contribution in [1.82, 2.24) is 10.0 Å². The zero-order valence-electron chi connectivity index (χ0n) is 9.62. The molecule has 18 heavy (non-hydrogen) atoms. The molecule has 1 aliphatic rings. The highest BCUT2D eigenvalue weighted by Crippen LogP contribution is 2.20. The molecule has 0 saturated carbocycles. The van der Waals surface area contributed by atoms with E-state index < -0.39 is 15.8 Å². The lowest BCUT2D eigenvalue weighted by Gasteiger charge is -2.23. The van der Waals surface area contributed by atoms with Crippen molar-refractivity contribution in [3.63, 3.8) is 0 Å². The molecule has 4 nitrogen and oxygen atoms in total. The van der Waals surface area contributed by atoms with Crippen LogP contribution in [0.3, 0.4) is 0 Å². The van der Waals surface area contributed by atoms with Gasteiger partial charge in [-0.05, 0) is 44.1 Å². The summed E-state index contributed by atoms with van der Waals surface area (Å²) in [5, 5.41) is 3.14. The quantitative estimate of drug-likeness (QED) is 0.881. The van der Waals surface area contributed by atoms with Crippen molar-refractivity contribution in [3.05, 3.63) is 28.5 Å². The monoisotopic (exact) mass is 336 g/mol. The van der Waals surface area contributed by atoms with Gasteiger partial charge in [-0.25, -0.2) is 17.5 Å². The molecule has 1 aromatic carbocycles. The van der Waals surface area contributed by atoms with E-state index in [0.717, 1.165) is 32.0 Å². The van der Waals surface area contributed by atoms with Crippen molar-refractivity contribution in [3.8, 4) is 0 Å². The molecule has 0 aliphatic carbocycles. The Hall–Kier alpha value is -0.500. The summed E-state index contributed by atoms with van der Waals surface area (Å²) in [6.07, 6.45) is 1.43. The second-order valence-corrected chi connectivity index (χ2v) is 6.82. The number of hydrogen-bond acceptors (Lipinski definition) is 3. The van der Waals surface area contributed by atoms with Crippen LogP contribution in [-0.4, -0.2) is 27.5 Å². The Bertz CT molecular complexity index is 530. The molecule has 1 fully saturated rings. The smallest absolute Gasteiger partial charge is 0.243 e. The van der Waals surface area contributed by atoms with E-state index in [1.165, 1.54) is 12.1 Å². The minimum absolute atomic E-state index is 0.130. The van der Waals surface area contributed by atoms with Crippen LogP contribution in [0.4, 0.5) is 4.39 Å². The summed E-state index contributed by atoms with van der Waals surface area (Å²) in [4.78, 5) is -0.310. The lowest BCUT2D eigenvalue weighted by atomic mass is 10.1. The fraction of sp³-hybridized carbons (Fsp3) is 0.455. The van der Waals surface area contributed by atoms with Crippen molar-refractivity contribution < 1.29 is 12.8 Å². The molecular formula is C11H14BrFN2O2S. The average molecular weight is 337 g/mol. The highest BCUT2D eigenvalue weighted by molar-refractivity contribution is 9.10. The van der Waals surface area contributed by atoms with Gasteiger partial charge in [0.05, 0.1) is 0 Å². The van der Waals surface area contributed by atoms with Crippen LogP contribution in [-0.2, 0) is 10.0 Å². The second kappa shape index (κ2) is 5.64. The second-order valence-electron chi connectivity index (χ2n) is 4.22. The molecule has 0 aromatic heterocycles. The molecule has 1 aromatic rings. The van der Waals surface area contributed by atoms with Gasteiger partial charge < -0.3 is 5.32 Å². The van der Waals surface area contributed by atoms with E-state index in [4.69, 9.17) is 0 Å². The molecule has 0 atom stereocenters. The fourth-order valence-corrected chi connectivity index (χ4v) is 3.83. The highest BCUT2D eigenvalue weighted by Gasteiger charge is 2.24. The summed E-state index contributed by atoms with van der Waals surface area (Å²) in [5.74, 6) is -0.736. The number of piperidine rings is 1. The van der Waals surface area contributed by atoms with E-state index in [1.54, 1.807) is 0 Å². The van der Waals surface area contributed by atoms with E-state index in [1.807, 2.05) is 0 Å². The normalized spacial score (nSPS) is 17.9. The largest absolute Gasteiger partial charge is 0.317 e. The van der Waals surface area contributed by atoms with E-state index in [2.05, 4.69) is 26.0 Å². The third-order valence-corrected chi connectivity index (χ3v) is 4.87. The fourth-order valence-electron chi connectivity index (χ4n) is 1.91. The summed E-state index contributed by atoms with van der Waals surface area (Å²) in [6, 6.07) is 3.76. The van der Waals surface area contributed by atoms with Gasteiger partial charge in [0.1, 0.15) is 10.7 Å². The minimum Gasteiger partial charge on any atom is -0.317 e. The van der Waals surface area contributed by atoms with Crippen molar-refractivity contribution >= 4 is 26.0 Å². The standard InChI is InChI=1S/C11H14BrFN2O2S/c12-8-1-2-10(13)11(7-8)18(16,17)15-9-3-5-14-6-4-9/h1-2,7,9,14-15H,3-6H2. The first-order valence-electron chi connectivity index (χ1n) is 5.67. The zero-order chi connectivity index (χ0) is 13.2. The summed E-state index contributed by atoms with van der Waals surface area (Å²) in [7, 11) is -3.80. The third kappa shape index (κ3) is 3.28. The topological polar surface area (TPSA) is 58.2 Å².